The summed E-state index contributed by atoms with van der Waals surface area (Å²) < 4.78 is 10.4. The highest BCUT2D eigenvalue weighted by molar-refractivity contribution is 5.07. The molecule has 1 saturated carbocycles. The first-order chi connectivity index (χ1) is 7.72. The Bertz CT molecular complexity index is 343. The van der Waals surface area contributed by atoms with Crippen LogP contribution in [0.25, 0.3) is 0 Å². The van der Waals surface area contributed by atoms with Crippen molar-refractivity contribution in [2.75, 3.05) is 13.7 Å². The maximum Gasteiger partial charge on any atom is 0.255 e. The number of hydrogen-bond donors (Lipinski definition) is 2. The molecule has 6 nitrogen and oxygen atoms in total. The SMILES string of the molecule is COC1(c2noc([C@@H](O)CCN)n2)CCC1. The predicted octanol–water partition coefficient (Wildman–Crippen LogP) is 0.477. The fraction of sp³-hybridized carbons (Fsp3) is 0.800. The third kappa shape index (κ3) is 1.83. The lowest BCUT2D eigenvalue weighted by atomic mass is 9.79. The number of rotatable bonds is 5. The molecule has 2 rings (SSSR count). The van der Waals surface area contributed by atoms with Gasteiger partial charge in [-0.1, -0.05) is 5.16 Å². The van der Waals surface area contributed by atoms with Crippen molar-refractivity contribution in [2.45, 2.75) is 37.4 Å². The smallest absolute Gasteiger partial charge is 0.255 e. The standard InChI is InChI=1S/C10H17N3O3/c1-15-10(4-2-5-10)9-12-8(16-13-9)7(14)3-6-11/h7,14H,2-6,11H2,1H3/t7-/m0/s1. The summed E-state index contributed by atoms with van der Waals surface area (Å²) in [7, 11) is 1.64. The lowest BCUT2D eigenvalue weighted by Gasteiger charge is -2.37. The molecule has 0 amide bonds. The molecule has 1 atom stereocenters. The first-order valence-corrected chi connectivity index (χ1v) is 5.49. The molecule has 0 unspecified atom stereocenters. The van der Waals surface area contributed by atoms with Crippen molar-refractivity contribution in [1.29, 1.82) is 0 Å². The van der Waals surface area contributed by atoms with Crippen LogP contribution >= 0.6 is 0 Å². The van der Waals surface area contributed by atoms with Gasteiger partial charge in [0, 0.05) is 7.11 Å². The summed E-state index contributed by atoms with van der Waals surface area (Å²) in [4.78, 5) is 4.19. The van der Waals surface area contributed by atoms with Crippen molar-refractivity contribution in [3.8, 4) is 0 Å². The van der Waals surface area contributed by atoms with E-state index < -0.39 is 11.7 Å². The Labute approximate surface area is 93.8 Å². The zero-order valence-corrected chi connectivity index (χ0v) is 9.35. The fourth-order valence-corrected chi connectivity index (χ4v) is 1.85. The second-order valence-corrected chi connectivity index (χ2v) is 4.10. The molecule has 1 heterocycles. The van der Waals surface area contributed by atoms with Crippen molar-refractivity contribution >= 4 is 0 Å². The third-order valence-electron chi connectivity index (χ3n) is 3.13. The second-order valence-electron chi connectivity index (χ2n) is 4.10. The minimum absolute atomic E-state index is 0.226. The number of aliphatic hydroxyl groups is 1. The number of aliphatic hydroxyl groups excluding tert-OH is 1. The van der Waals surface area contributed by atoms with Crippen molar-refractivity contribution in [3.05, 3.63) is 11.7 Å². The Morgan fingerprint density at radius 2 is 2.38 bits per heavy atom. The van der Waals surface area contributed by atoms with Gasteiger partial charge < -0.3 is 20.1 Å². The van der Waals surface area contributed by atoms with Gasteiger partial charge in [0.1, 0.15) is 11.7 Å². The van der Waals surface area contributed by atoms with E-state index in [0.29, 0.717) is 18.8 Å². The summed E-state index contributed by atoms with van der Waals surface area (Å²) in [6.45, 7) is 0.383. The van der Waals surface area contributed by atoms with Gasteiger partial charge in [0.2, 0.25) is 5.82 Å². The van der Waals surface area contributed by atoms with Crippen molar-refractivity contribution < 1.29 is 14.4 Å². The molecule has 1 fully saturated rings. The van der Waals surface area contributed by atoms with Crippen LogP contribution < -0.4 is 5.73 Å². The molecule has 16 heavy (non-hydrogen) atoms. The van der Waals surface area contributed by atoms with Gasteiger partial charge in [0.05, 0.1) is 0 Å². The summed E-state index contributed by atoms with van der Waals surface area (Å²) in [6, 6.07) is 0. The minimum atomic E-state index is -0.778. The number of nitrogens with two attached hydrogens (primary N) is 1. The van der Waals surface area contributed by atoms with Crippen molar-refractivity contribution in [1.82, 2.24) is 10.1 Å². The summed E-state index contributed by atoms with van der Waals surface area (Å²) >= 11 is 0. The first kappa shape index (κ1) is 11.5. The van der Waals surface area contributed by atoms with Gasteiger partial charge in [0.25, 0.3) is 5.89 Å². The molecule has 1 aliphatic carbocycles. The molecule has 1 aliphatic rings. The summed E-state index contributed by atoms with van der Waals surface area (Å²) in [6.07, 6.45) is 2.54. The van der Waals surface area contributed by atoms with E-state index in [4.69, 9.17) is 15.0 Å². The van der Waals surface area contributed by atoms with E-state index in [1.54, 1.807) is 7.11 Å². The van der Waals surface area contributed by atoms with E-state index in [2.05, 4.69) is 10.1 Å². The zero-order valence-electron chi connectivity index (χ0n) is 9.35. The molecule has 0 bridgehead atoms. The van der Waals surface area contributed by atoms with Crippen molar-refractivity contribution in [2.24, 2.45) is 5.73 Å². The summed E-state index contributed by atoms with van der Waals surface area (Å²) in [5.41, 5.74) is 4.95. The third-order valence-corrected chi connectivity index (χ3v) is 3.13. The van der Waals surface area contributed by atoms with Gasteiger partial charge in [0.15, 0.2) is 0 Å². The molecule has 90 valence electrons. The van der Waals surface area contributed by atoms with Gasteiger partial charge >= 0.3 is 0 Å². The van der Waals surface area contributed by atoms with Crippen LogP contribution in [0.2, 0.25) is 0 Å². The molecule has 6 heteroatoms. The maximum absolute atomic E-state index is 9.65. The topological polar surface area (TPSA) is 94.4 Å². The number of hydrogen-bond acceptors (Lipinski definition) is 6. The van der Waals surface area contributed by atoms with Gasteiger partial charge in [-0.05, 0) is 32.2 Å². The van der Waals surface area contributed by atoms with Gasteiger partial charge in [-0.25, -0.2) is 0 Å². The first-order valence-electron chi connectivity index (χ1n) is 5.49. The number of nitrogens with zero attached hydrogens (tertiary/aromatic N) is 2. The average Bonchev–Trinajstić information content (AvgIpc) is 2.67. The second kappa shape index (κ2) is 4.48. The van der Waals surface area contributed by atoms with Crippen LogP contribution in [0.1, 0.15) is 43.5 Å². The Kier molecular flexibility index (Phi) is 3.22. The molecule has 1 aromatic heterocycles. The number of aromatic nitrogens is 2. The molecule has 0 spiro atoms. The highest BCUT2D eigenvalue weighted by Crippen LogP contribution is 2.42. The van der Waals surface area contributed by atoms with Crippen LogP contribution in [0.4, 0.5) is 0 Å². The van der Waals surface area contributed by atoms with Crippen LogP contribution in [-0.4, -0.2) is 28.9 Å². The lowest BCUT2D eigenvalue weighted by Crippen LogP contribution is -2.37. The lowest BCUT2D eigenvalue weighted by molar-refractivity contribution is -0.0858. The van der Waals surface area contributed by atoms with E-state index in [1.165, 1.54) is 0 Å². The molecular weight excluding hydrogens is 210 g/mol. The van der Waals surface area contributed by atoms with Crippen LogP contribution in [0.5, 0.6) is 0 Å². The zero-order chi connectivity index (χ0) is 11.6. The fourth-order valence-electron chi connectivity index (χ4n) is 1.85. The van der Waals surface area contributed by atoms with Gasteiger partial charge in [-0.2, -0.15) is 4.98 Å². The minimum Gasteiger partial charge on any atom is -0.383 e. The number of methoxy groups -OCH3 is 1. The Hall–Kier alpha value is -0.980. The van der Waals surface area contributed by atoms with E-state index in [-0.39, 0.29) is 5.89 Å². The van der Waals surface area contributed by atoms with E-state index in [9.17, 15) is 5.11 Å². The van der Waals surface area contributed by atoms with Crippen LogP contribution in [0.3, 0.4) is 0 Å². The molecule has 1 aromatic rings. The Balaban J connectivity index is 2.12. The number of ether oxygens (including phenoxy) is 1. The van der Waals surface area contributed by atoms with Crippen LogP contribution in [-0.2, 0) is 10.3 Å². The highest BCUT2D eigenvalue weighted by Gasteiger charge is 2.43. The summed E-state index contributed by atoms with van der Waals surface area (Å²) in [5, 5.41) is 13.5. The molecule has 0 saturated heterocycles. The highest BCUT2D eigenvalue weighted by atomic mass is 16.5. The molecule has 0 aromatic carbocycles. The molecular formula is C10H17N3O3. The Morgan fingerprint density at radius 1 is 1.62 bits per heavy atom. The van der Waals surface area contributed by atoms with Crippen LogP contribution in [0, 0.1) is 0 Å². The Morgan fingerprint density at radius 3 is 2.88 bits per heavy atom. The molecule has 0 aliphatic heterocycles. The largest absolute Gasteiger partial charge is 0.383 e. The monoisotopic (exact) mass is 227 g/mol. The molecule has 3 N–H and O–H groups in total. The average molecular weight is 227 g/mol. The predicted molar refractivity (Wildman–Crippen MR) is 55.5 cm³/mol. The van der Waals surface area contributed by atoms with Crippen molar-refractivity contribution in [3.63, 3.8) is 0 Å². The van der Waals surface area contributed by atoms with E-state index in [1.807, 2.05) is 0 Å². The quantitative estimate of drug-likeness (QED) is 0.759. The van der Waals surface area contributed by atoms with Crippen LogP contribution in [0.15, 0.2) is 4.52 Å². The van der Waals surface area contributed by atoms with E-state index >= 15 is 0 Å². The van der Waals surface area contributed by atoms with Gasteiger partial charge in [-0.3, -0.25) is 0 Å². The van der Waals surface area contributed by atoms with Gasteiger partial charge in [-0.15, -0.1) is 0 Å². The molecule has 0 radical (unpaired) electrons. The maximum atomic E-state index is 9.65. The normalized spacial score (nSPS) is 20.4. The summed E-state index contributed by atoms with van der Waals surface area (Å²) in [5.74, 6) is 0.760. The van der Waals surface area contributed by atoms with E-state index in [0.717, 1.165) is 19.3 Å².